The molecule has 1 aliphatic heterocycles. The van der Waals surface area contributed by atoms with Gasteiger partial charge in [0.15, 0.2) is 0 Å². The van der Waals surface area contributed by atoms with Crippen LogP contribution in [0.4, 0.5) is 28.4 Å². The van der Waals surface area contributed by atoms with Gasteiger partial charge in [0.25, 0.3) is 0 Å². The minimum absolute atomic E-state index is 0.798. The lowest BCUT2D eigenvalue weighted by Gasteiger charge is -2.34. The summed E-state index contributed by atoms with van der Waals surface area (Å²) in [5, 5.41) is 4.91. The van der Waals surface area contributed by atoms with Crippen LogP contribution in [0.15, 0.2) is 231 Å². The first-order valence-electron chi connectivity index (χ1n) is 20.4. The third-order valence-corrected chi connectivity index (χ3v) is 11.9. The fourth-order valence-corrected chi connectivity index (χ4v) is 9.13. The molecule has 0 radical (unpaired) electrons. The zero-order chi connectivity index (χ0) is 39.1. The molecule has 0 N–H and O–H groups in total. The number of benzene rings is 10. The summed E-state index contributed by atoms with van der Waals surface area (Å²) in [6.45, 7) is 0.798. The van der Waals surface area contributed by atoms with E-state index >= 15 is 0 Å². The highest BCUT2D eigenvalue weighted by atomic mass is 15.2. The van der Waals surface area contributed by atoms with Crippen LogP contribution in [0.1, 0.15) is 5.56 Å². The van der Waals surface area contributed by atoms with Crippen LogP contribution in [0.3, 0.4) is 0 Å². The second-order valence-electron chi connectivity index (χ2n) is 15.3. The fourth-order valence-electron chi connectivity index (χ4n) is 9.13. The number of rotatable bonds is 7. The van der Waals surface area contributed by atoms with E-state index in [9.17, 15) is 0 Å². The van der Waals surface area contributed by atoms with Gasteiger partial charge in [-0.3, -0.25) is 0 Å². The molecule has 59 heavy (non-hydrogen) atoms. The largest absolute Gasteiger partial charge is 0.336 e. The molecular formula is C57H40N2. The fraction of sp³-hybridized carbons (Fsp3) is 0.0175. The maximum Gasteiger partial charge on any atom is 0.0540 e. The lowest BCUT2D eigenvalue weighted by atomic mass is 9.90. The molecular weight excluding hydrogens is 713 g/mol. The first kappa shape index (κ1) is 34.6. The molecule has 0 fully saturated rings. The molecule has 0 saturated heterocycles. The minimum atomic E-state index is 0.798. The van der Waals surface area contributed by atoms with Crippen molar-refractivity contribution in [3.8, 4) is 44.5 Å². The molecule has 0 saturated carbocycles. The van der Waals surface area contributed by atoms with E-state index in [0.29, 0.717) is 0 Å². The van der Waals surface area contributed by atoms with Crippen molar-refractivity contribution in [3.05, 3.63) is 236 Å². The normalized spacial score (nSPS) is 12.0. The Bertz CT molecular complexity index is 3140. The third-order valence-electron chi connectivity index (χ3n) is 11.9. The topological polar surface area (TPSA) is 6.48 Å². The summed E-state index contributed by atoms with van der Waals surface area (Å²) in [7, 11) is 0. The van der Waals surface area contributed by atoms with E-state index < -0.39 is 0 Å². The molecule has 0 bridgehead atoms. The van der Waals surface area contributed by atoms with E-state index in [0.717, 1.165) is 23.6 Å². The van der Waals surface area contributed by atoms with Crippen LogP contribution in [0, 0.1) is 0 Å². The van der Waals surface area contributed by atoms with Crippen molar-refractivity contribution in [2.75, 3.05) is 9.80 Å². The van der Waals surface area contributed by atoms with Gasteiger partial charge in [-0.25, -0.2) is 0 Å². The van der Waals surface area contributed by atoms with Gasteiger partial charge in [0.2, 0.25) is 0 Å². The molecule has 10 aromatic rings. The molecule has 2 nitrogen and oxygen atoms in total. The van der Waals surface area contributed by atoms with Crippen molar-refractivity contribution in [1.82, 2.24) is 0 Å². The molecule has 0 unspecified atom stereocenters. The second kappa shape index (κ2) is 14.7. The van der Waals surface area contributed by atoms with Crippen LogP contribution in [0.25, 0.3) is 66.1 Å². The summed E-state index contributed by atoms with van der Waals surface area (Å²) in [5.74, 6) is 0. The summed E-state index contributed by atoms with van der Waals surface area (Å²) in [5.41, 5.74) is 16.8. The van der Waals surface area contributed by atoms with Gasteiger partial charge in [0.05, 0.1) is 5.69 Å². The highest BCUT2D eigenvalue weighted by molar-refractivity contribution is 6.02. The highest BCUT2D eigenvalue weighted by Gasteiger charge is 2.26. The first-order chi connectivity index (χ1) is 29.3. The number of hydrogen-bond donors (Lipinski definition) is 0. The molecule has 11 rings (SSSR count). The predicted molar refractivity (Wildman–Crippen MR) is 250 cm³/mol. The second-order valence-corrected chi connectivity index (χ2v) is 15.3. The lowest BCUT2D eigenvalue weighted by molar-refractivity contribution is 0.962. The van der Waals surface area contributed by atoms with E-state index in [1.165, 1.54) is 83.0 Å². The zero-order valence-electron chi connectivity index (χ0n) is 32.5. The Labute approximate surface area is 345 Å². The molecule has 0 atom stereocenters. The van der Waals surface area contributed by atoms with E-state index in [1.807, 2.05) is 0 Å². The Morgan fingerprint density at radius 1 is 0.322 bits per heavy atom. The smallest absolute Gasteiger partial charge is 0.0540 e. The van der Waals surface area contributed by atoms with Crippen molar-refractivity contribution >= 4 is 50.0 Å². The van der Waals surface area contributed by atoms with Gasteiger partial charge >= 0.3 is 0 Å². The molecule has 0 aromatic heterocycles. The van der Waals surface area contributed by atoms with Crippen LogP contribution in [0.5, 0.6) is 0 Å². The zero-order valence-corrected chi connectivity index (χ0v) is 32.5. The first-order valence-corrected chi connectivity index (χ1v) is 20.4. The Balaban J connectivity index is 1.09. The maximum atomic E-state index is 2.50. The van der Waals surface area contributed by atoms with Gasteiger partial charge in [-0.15, -0.1) is 0 Å². The van der Waals surface area contributed by atoms with Gasteiger partial charge in [0, 0.05) is 45.8 Å². The SMILES string of the molecule is c1ccc(-c2cc(N(c3ccc(-c4cccc5ccccc45)cc3)c3cccc4ccccc34)ccc2-c2ccccc2N2Cc3ccccc3-c3ccccc32)cc1. The van der Waals surface area contributed by atoms with E-state index in [4.69, 9.17) is 0 Å². The summed E-state index contributed by atoms with van der Waals surface area (Å²) in [4.78, 5) is 4.92. The third kappa shape index (κ3) is 6.14. The monoisotopic (exact) mass is 752 g/mol. The van der Waals surface area contributed by atoms with Gasteiger partial charge in [-0.1, -0.05) is 188 Å². The van der Waals surface area contributed by atoms with Gasteiger partial charge < -0.3 is 9.80 Å². The lowest BCUT2D eigenvalue weighted by Crippen LogP contribution is -2.22. The molecule has 0 amide bonds. The predicted octanol–water partition coefficient (Wildman–Crippen LogP) is 15.8. The number of hydrogen-bond acceptors (Lipinski definition) is 2. The number of nitrogens with zero attached hydrogens (tertiary/aromatic N) is 2. The van der Waals surface area contributed by atoms with Crippen molar-refractivity contribution in [2.45, 2.75) is 6.54 Å². The summed E-state index contributed by atoms with van der Waals surface area (Å²) < 4.78 is 0. The van der Waals surface area contributed by atoms with Gasteiger partial charge in [0.1, 0.15) is 0 Å². The Hall–Kier alpha value is -7.68. The number of para-hydroxylation sites is 2. The molecule has 278 valence electrons. The molecule has 1 aliphatic rings. The van der Waals surface area contributed by atoms with Gasteiger partial charge in [-0.2, -0.15) is 0 Å². The Morgan fingerprint density at radius 2 is 0.847 bits per heavy atom. The maximum absolute atomic E-state index is 2.50. The Morgan fingerprint density at radius 3 is 1.61 bits per heavy atom. The summed E-state index contributed by atoms with van der Waals surface area (Å²) >= 11 is 0. The van der Waals surface area contributed by atoms with Crippen molar-refractivity contribution in [2.24, 2.45) is 0 Å². The van der Waals surface area contributed by atoms with Crippen LogP contribution in [-0.4, -0.2) is 0 Å². The summed E-state index contributed by atoms with van der Waals surface area (Å²) in [6.07, 6.45) is 0. The van der Waals surface area contributed by atoms with Crippen LogP contribution in [0.2, 0.25) is 0 Å². The van der Waals surface area contributed by atoms with Crippen LogP contribution >= 0.6 is 0 Å². The average Bonchev–Trinajstić information content (AvgIpc) is 3.32. The number of fused-ring (bicyclic) bond motifs is 5. The van der Waals surface area contributed by atoms with Crippen molar-refractivity contribution in [1.29, 1.82) is 0 Å². The van der Waals surface area contributed by atoms with Gasteiger partial charge in [-0.05, 0) is 97.6 Å². The van der Waals surface area contributed by atoms with Crippen LogP contribution in [-0.2, 0) is 6.54 Å². The van der Waals surface area contributed by atoms with Crippen molar-refractivity contribution in [3.63, 3.8) is 0 Å². The van der Waals surface area contributed by atoms with E-state index in [-0.39, 0.29) is 0 Å². The van der Waals surface area contributed by atoms with E-state index in [1.54, 1.807) is 0 Å². The molecule has 0 spiro atoms. The van der Waals surface area contributed by atoms with E-state index in [2.05, 4.69) is 240 Å². The quantitative estimate of drug-likeness (QED) is 0.160. The molecule has 10 aromatic carbocycles. The molecule has 2 heteroatoms. The van der Waals surface area contributed by atoms with Crippen LogP contribution < -0.4 is 9.80 Å². The minimum Gasteiger partial charge on any atom is -0.336 e. The van der Waals surface area contributed by atoms with Crippen molar-refractivity contribution < 1.29 is 0 Å². The standard InChI is InChI=1S/C57H40N2/c1-2-16-42(17-3-1)54-38-46(36-37-51(54)53-27-11-13-30-56(53)58-39-44-20-6-8-24-49(44)52-26-10-12-29-55(52)58)59(57-31-15-22-41-19-5-9-25-50(41)57)45-34-32-43(33-35-45)48-28-14-21-40-18-4-7-23-47(40)48/h1-38H,39H2. The molecule has 0 aliphatic carbocycles. The Kier molecular flexibility index (Phi) is 8.60. The molecule has 1 heterocycles. The highest BCUT2D eigenvalue weighted by Crippen LogP contribution is 2.48. The summed E-state index contributed by atoms with van der Waals surface area (Å²) in [6, 6.07) is 84.0. The number of anilines is 5. The average molecular weight is 753 g/mol.